The van der Waals surface area contributed by atoms with Crippen LogP contribution in [0.25, 0.3) is 0 Å². The predicted molar refractivity (Wildman–Crippen MR) is 108 cm³/mol. The molecule has 1 saturated heterocycles. The molecule has 2 aromatic rings. The molecule has 3 rings (SSSR count). The first kappa shape index (κ1) is 19.7. The molecule has 1 unspecified atom stereocenters. The van der Waals surface area contributed by atoms with Crippen LogP contribution in [-0.2, 0) is 9.59 Å². The average Bonchev–Trinajstić information content (AvgIpc) is 3.13. The van der Waals surface area contributed by atoms with Crippen molar-refractivity contribution in [3.8, 4) is 11.5 Å². The number of benzene rings is 2. The van der Waals surface area contributed by atoms with Crippen LogP contribution in [0, 0.1) is 0 Å². The highest BCUT2D eigenvalue weighted by Crippen LogP contribution is 2.24. The number of anilines is 1. The van der Waals surface area contributed by atoms with Crippen molar-refractivity contribution in [2.45, 2.75) is 32.7 Å². The quantitative estimate of drug-likeness (QED) is 0.759. The summed E-state index contributed by atoms with van der Waals surface area (Å²) in [4.78, 5) is 25.8. The molecule has 0 saturated carbocycles. The van der Waals surface area contributed by atoms with Crippen molar-refractivity contribution in [2.24, 2.45) is 0 Å². The molecule has 1 heterocycles. The standard InChI is InChI=1S/C22H26N2O4/c1-3-27-20-7-4-6-17(14-20)16(2)23-21(25)15-28-19-11-9-18(10-12-19)24-13-5-8-22(24)26/h4,6-7,9-12,14,16H,3,5,8,13,15H2,1-2H3,(H,23,25). The summed E-state index contributed by atoms with van der Waals surface area (Å²) in [5.74, 6) is 1.33. The fourth-order valence-electron chi connectivity index (χ4n) is 3.20. The zero-order chi connectivity index (χ0) is 19.9. The molecule has 0 radical (unpaired) electrons. The molecule has 1 atom stereocenters. The minimum atomic E-state index is -0.201. The lowest BCUT2D eigenvalue weighted by atomic mass is 10.1. The van der Waals surface area contributed by atoms with Gasteiger partial charge in [0.2, 0.25) is 5.91 Å². The van der Waals surface area contributed by atoms with Gasteiger partial charge < -0.3 is 19.7 Å². The summed E-state index contributed by atoms with van der Waals surface area (Å²) in [7, 11) is 0. The van der Waals surface area contributed by atoms with E-state index in [4.69, 9.17) is 9.47 Å². The Morgan fingerprint density at radius 2 is 1.93 bits per heavy atom. The lowest BCUT2D eigenvalue weighted by molar-refractivity contribution is -0.123. The van der Waals surface area contributed by atoms with Crippen LogP contribution >= 0.6 is 0 Å². The smallest absolute Gasteiger partial charge is 0.258 e. The highest BCUT2D eigenvalue weighted by atomic mass is 16.5. The number of nitrogens with zero attached hydrogens (tertiary/aromatic N) is 1. The Morgan fingerprint density at radius 3 is 2.61 bits per heavy atom. The SMILES string of the molecule is CCOc1cccc(C(C)NC(=O)COc2ccc(N3CCCC3=O)cc2)c1. The van der Waals surface area contributed by atoms with Crippen LogP contribution in [0.3, 0.4) is 0 Å². The highest BCUT2D eigenvalue weighted by Gasteiger charge is 2.21. The van der Waals surface area contributed by atoms with E-state index in [2.05, 4.69) is 5.32 Å². The van der Waals surface area contributed by atoms with Gasteiger partial charge in [0.1, 0.15) is 11.5 Å². The molecule has 2 aromatic carbocycles. The lowest BCUT2D eigenvalue weighted by Crippen LogP contribution is -2.31. The number of hydrogen-bond acceptors (Lipinski definition) is 4. The molecule has 28 heavy (non-hydrogen) atoms. The fourth-order valence-corrected chi connectivity index (χ4v) is 3.20. The second kappa shape index (κ2) is 9.26. The van der Waals surface area contributed by atoms with Crippen LogP contribution in [0.1, 0.15) is 38.3 Å². The third-order valence-corrected chi connectivity index (χ3v) is 4.64. The average molecular weight is 382 g/mol. The third kappa shape index (κ3) is 5.03. The minimum Gasteiger partial charge on any atom is -0.494 e. The first-order chi connectivity index (χ1) is 13.6. The van der Waals surface area contributed by atoms with E-state index in [0.717, 1.165) is 30.0 Å². The van der Waals surface area contributed by atoms with Gasteiger partial charge in [0.15, 0.2) is 6.61 Å². The van der Waals surface area contributed by atoms with Crippen LogP contribution in [0.5, 0.6) is 11.5 Å². The number of ether oxygens (including phenoxy) is 2. The molecule has 1 aliphatic rings. The van der Waals surface area contributed by atoms with Crippen molar-refractivity contribution in [3.05, 3.63) is 54.1 Å². The summed E-state index contributed by atoms with van der Waals surface area (Å²) in [5.41, 5.74) is 1.83. The van der Waals surface area contributed by atoms with Crippen LogP contribution in [0.15, 0.2) is 48.5 Å². The van der Waals surface area contributed by atoms with Crippen molar-refractivity contribution in [1.29, 1.82) is 0 Å². The van der Waals surface area contributed by atoms with Crippen molar-refractivity contribution in [1.82, 2.24) is 5.32 Å². The van der Waals surface area contributed by atoms with Gasteiger partial charge >= 0.3 is 0 Å². The maximum Gasteiger partial charge on any atom is 0.258 e. The zero-order valence-corrected chi connectivity index (χ0v) is 16.3. The van der Waals surface area contributed by atoms with Crippen molar-refractivity contribution in [3.63, 3.8) is 0 Å². The summed E-state index contributed by atoms with van der Waals surface area (Å²) in [6, 6.07) is 14.8. The molecule has 6 nitrogen and oxygen atoms in total. The number of rotatable bonds is 8. The maximum atomic E-state index is 12.2. The largest absolute Gasteiger partial charge is 0.494 e. The highest BCUT2D eigenvalue weighted by molar-refractivity contribution is 5.95. The Kier molecular flexibility index (Phi) is 6.53. The van der Waals surface area contributed by atoms with Gasteiger partial charge in [0.25, 0.3) is 5.91 Å². The van der Waals surface area contributed by atoms with E-state index in [0.29, 0.717) is 18.8 Å². The molecular formula is C22H26N2O4. The van der Waals surface area contributed by atoms with Crippen LogP contribution < -0.4 is 19.7 Å². The molecule has 0 spiro atoms. The Bertz CT molecular complexity index is 820. The summed E-state index contributed by atoms with van der Waals surface area (Å²) in [5, 5.41) is 2.93. The molecule has 1 fully saturated rings. The number of amides is 2. The normalized spacial score (nSPS) is 14.6. The molecule has 0 aromatic heterocycles. The van der Waals surface area contributed by atoms with E-state index in [1.807, 2.05) is 50.2 Å². The number of carbonyl (C=O) groups excluding carboxylic acids is 2. The van der Waals surface area contributed by atoms with E-state index >= 15 is 0 Å². The van der Waals surface area contributed by atoms with Gasteiger partial charge in [-0.25, -0.2) is 0 Å². The van der Waals surface area contributed by atoms with E-state index in [-0.39, 0.29) is 24.5 Å². The number of nitrogens with one attached hydrogen (secondary N) is 1. The van der Waals surface area contributed by atoms with E-state index < -0.39 is 0 Å². The maximum absolute atomic E-state index is 12.2. The van der Waals surface area contributed by atoms with E-state index in [1.165, 1.54) is 0 Å². The molecule has 0 aliphatic carbocycles. The topological polar surface area (TPSA) is 67.9 Å². The monoisotopic (exact) mass is 382 g/mol. The second-order valence-electron chi connectivity index (χ2n) is 6.73. The molecule has 148 valence electrons. The molecule has 1 aliphatic heterocycles. The molecule has 6 heteroatoms. The first-order valence-electron chi connectivity index (χ1n) is 9.62. The van der Waals surface area contributed by atoms with Gasteiger partial charge in [-0.15, -0.1) is 0 Å². The van der Waals surface area contributed by atoms with Crippen molar-refractivity contribution < 1.29 is 19.1 Å². The predicted octanol–water partition coefficient (Wildman–Crippen LogP) is 3.47. The Morgan fingerprint density at radius 1 is 1.14 bits per heavy atom. The van der Waals surface area contributed by atoms with E-state index in [9.17, 15) is 9.59 Å². The van der Waals surface area contributed by atoms with Crippen molar-refractivity contribution >= 4 is 17.5 Å². The minimum absolute atomic E-state index is 0.0719. The summed E-state index contributed by atoms with van der Waals surface area (Å²) in [6.45, 7) is 5.14. The fraction of sp³-hybridized carbons (Fsp3) is 0.364. The number of hydrogen-bond donors (Lipinski definition) is 1. The molecule has 2 amide bonds. The zero-order valence-electron chi connectivity index (χ0n) is 16.3. The van der Waals surface area contributed by atoms with Crippen LogP contribution in [0.2, 0.25) is 0 Å². The van der Waals surface area contributed by atoms with E-state index in [1.54, 1.807) is 17.0 Å². The van der Waals surface area contributed by atoms with Gasteiger partial charge in [-0.1, -0.05) is 12.1 Å². The molecule has 0 bridgehead atoms. The van der Waals surface area contributed by atoms with Gasteiger partial charge in [0, 0.05) is 18.7 Å². The Balaban J connectivity index is 1.50. The molecule has 1 N–H and O–H groups in total. The summed E-state index contributed by atoms with van der Waals surface area (Å²) >= 11 is 0. The lowest BCUT2D eigenvalue weighted by Gasteiger charge is -2.17. The van der Waals surface area contributed by atoms with Crippen LogP contribution in [-0.4, -0.2) is 31.6 Å². The summed E-state index contributed by atoms with van der Waals surface area (Å²) in [6.07, 6.45) is 1.49. The Hall–Kier alpha value is -3.02. The number of carbonyl (C=O) groups is 2. The van der Waals surface area contributed by atoms with Gasteiger partial charge in [-0.3, -0.25) is 9.59 Å². The van der Waals surface area contributed by atoms with Crippen molar-refractivity contribution in [2.75, 3.05) is 24.7 Å². The van der Waals surface area contributed by atoms with Gasteiger partial charge in [0.05, 0.1) is 12.6 Å². The van der Waals surface area contributed by atoms with Gasteiger partial charge in [-0.05, 0) is 62.2 Å². The second-order valence-corrected chi connectivity index (χ2v) is 6.73. The van der Waals surface area contributed by atoms with Crippen LogP contribution in [0.4, 0.5) is 5.69 Å². The Labute approximate surface area is 165 Å². The third-order valence-electron chi connectivity index (χ3n) is 4.64. The summed E-state index contributed by atoms with van der Waals surface area (Å²) < 4.78 is 11.1. The van der Waals surface area contributed by atoms with Gasteiger partial charge in [-0.2, -0.15) is 0 Å². The first-order valence-corrected chi connectivity index (χ1v) is 9.62. The molecular weight excluding hydrogens is 356 g/mol.